The molecule has 0 fully saturated rings. The van der Waals surface area contributed by atoms with E-state index in [2.05, 4.69) is 4.99 Å². The molecule has 2 aromatic carbocycles. The Labute approximate surface area is 159 Å². The highest BCUT2D eigenvalue weighted by molar-refractivity contribution is 5.85. The number of para-hydroxylation sites is 1. The summed E-state index contributed by atoms with van der Waals surface area (Å²) >= 11 is 0. The third kappa shape index (κ3) is 5.74. The lowest BCUT2D eigenvalue weighted by atomic mass is 10.0. The number of phenols is 1. The molecule has 0 spiro atoms. The summed E-state index contributed by atoms with van der Waals surface area (Å²) in [5, 5.41) is 10.2. The van der Waals surface area contributed by atoms with Crippen molar-refractivity contribution >= 4 is 12.2 Å². The molecule has 27 heavy (non-hydrogen) atoms. The van der Waals surface area contributed by atoms with E-state index in [0.29, 0.717) is 11.3 Å². The minimum absolute atomic E-state index is 0.00184. The molecule has 0 saturated carbocycles. The smallest absolute Gasteiger partial charge is 0.308 e. The van der Waals surface area contributed by atoms with Crippen LogP contribution in [0, 0.1) is 0 Å². The van der Waals surface area contributed by atoms with Gasteiger partial charge in [-0.25, -0.2) is 0 Å². The summed E-state index contributed by atoms with van der Waals surface area (Å²) in [5.41, 5.74) is 1.35. The van der Waals surface area contributed by atoms with Crippen molar-refractivity contribution in [3.63, 3.8) is 0 Å². The molecule has 2 rings (SSSR count). The number of carbonyl (C=O) groups is 1. The van der Waals surface area contributed by atoms with Gasteiger partial charge in [0.1, 0.15) is 5.75 Å². The fourth-order valence-electron chi connectivity index (χ4n) is 2.53. The molecular weight excluding hydrogens is 346 g/mol. The lowest BCUT2D eigenvalue weighted by Gasteiger charge is -2.15. The summed E-state index contributed by atoms with van der Waals surface area (Å²) in [7, 11) is 3.08. The number of aliphatic imine (C=N–C) groups is 1. The fraction of sp³-hybridized carbons (Fsp3) is 0.333. The predicted octanol–water partition coefficient (Wildman–Crippen LogP) is 3.91. The van der Waals surface area contributed by atoms with Crippen molar-refractivity contribution in [2.24, 2.45) is 4.99 Å². The van der Waals surface area contributed by atoms with Crippen LogP contribution in [0.5, 0.6) is 17.2 Å². The van der Waals surface area contributed by atoms with E-state index >= 15 is 0 Å². The number of rotatable bonds is 8. The van der Waals surface area contributed by atoms with Crippen LogP contribution in [-0.2, 0) is 9.53 Å². The van der Waals surface area contributed by atoms with Crippen LogP contribution in [0.1, 0.15) is 37.4 Å². The zero-order valence-corrected chi connectivity index (χ0v) is 16.0. The van der Waals surface area contributed by atoms with Gasteiger partial charge >= 0.3 is 5.97 Å². The third-order valence-corrected chi connectivity index (χ3v) is 3.87. The van der Waals surface area contributed by atoms with Gasteiger partial charge in [0.15, 0.2) is 11.5 Å². The van der Waals surface area contributed by atoms with Gasteiger partial charge in [-0.2, -0.15) is 0 Å². The number of hydrogen-bond donors (Lipinski definition) is 1. The first-order chi connectivity index (χ1) is 12.9. The van der Waals surface area contributed by atoms with Gasteiger partial charge in [0.2, 0.25) is 0 Å². The molecule has 0 unspecified atom stereocenters. The Kier molecular flexibility index (Phi) is 7.23. The SMILES string of the molecule is COc1ccc([C@H](CC(=O)OC(C)C)N=Cc2cccc(OC)c2O)cc1. The molecule has 6 heteroatoms. The second kappa shape index (κ2) is 9.62. The maximum absolute atomic E-state index is 12.1. The average Bonchev–Trinajstić information content (AvgIpc) is 2.65. The summed E-state index contributed by atoms with van der Waals surface area (Å²) in [5.74, 6) is 0.746. The maximum atomic E-state index is 12.1. The van der Waals surface area contributed by atoms with Crippen molar-refractivity contribution in [1.29, 1.82) is 0 Å². The van der Waals surface area contributed by atoms with Crippen LogP contribution >= 0.6 is 0 Å². The first-order valence-corrected chi connectivity index (χ1v) is 8.67. The second-order valence-electron chi connectivity index (χ2n) is 6.21. The van der Waals surface area contributed by atoms with E-state index in [4.69, 9.17) is 14.2 Å². The lowest BCUT2D eigenvalue weighted by molar-refractivity contribution is -0.147. The number of esters is 1. The van der Waals surface area contributed by atoms with Gasteiger partial charge in [-0.05, 0) is 43.7 Å². The molecule has 144 valence electrons. The summed E-state index contributed by atoms with van der Waals surface area (Å²) in [4.78, 5) is 16.7. The summed E-state index contributed by atoms with van der Waals surface area (Å²) < 4.78 is 15.5. The lowest BCUT2D eigenvalue weighted by Crippen LogP contribution is -2.14. The molecule has 0 aliphatic heterocycles. The molecule has 0 heterocycles. The number of hydrogen-bond acceptors (Lipinski definition) is 6. The largest absolute Gasteiger partial charge is 0.504 e. The van der Waals surface area contributed by atoms with E-state index in [1.807, 2.05) is 24.3 Å². The topological polar surface area (TPSA) is 77.4 Å². The van der Waals surface area contributed by atoms with Crippen LogP contribution < -0.4 is 9.47 Å². The molecule has 1 N–H and O–H groups in total. The van der Waals surface area contributed by atoms with Crippen LogP contribution in [0.4, 0.5) is 0 Å². The number of carbonyl (C=O) groups excluding carboxylic acids is 1. The van der Waals surface area contributed by atoms with E-state index in [1.54, 1.807) is 39.2 Å². The second-order valence-corrected chi connectivity index (χ2v) is 6.21. The number of aromatic hydroxyl groups is 1. The molecular formula is C21H25NO5. The van der Waals surface area contributed by atoms with Crippen molar-refractivity contribution in [2.45, 2.75) is 32.4 Å². The van der Waals surface area contributed by atoms with Crippen molar-refractivity contribution in [1.82, 2.24) is 0 Å². The summed E-state index contributed by atoms with van der Waals surface area (Å²) in [6.45, 7) is 3.61. The number of nitrogens with zero attached hydrogens (tertiary/aromatic N) is 1. The van der Waals surface area contributed by atoms with Crippen LogP contribution in [0.3, 0.4) is 0 Å². The Balaban J connectivity index is 2.29. The quantitative estimate of drug-likeness (QED) is 0.562. The summed E-state index contributed by atoms with van der Waals surface area (Å²) in [6, 6.07) is 12.0. The maximum Gasteiger partial charge on any atom is 0.308 e. The van der Waals surface area contributed by atoms with Gasteiger partial charge in [-0.3, -0.25) is 9.79 Å². The molecule has 0 aliphatic carbocycles. The molecule has 0 radical (unpaired) electrons. The van der Waals surface area contributed by atoms with Gasteiger partial charge in [0.25, 0.3) is 0 Å². The van der Waals surface area contributed by atoms with Crippen LogP contribution in [-0.4, -0.2) is 37.6 Å². The van der Waals surface area contributed by atoms with E-state index in [1.165, 1.54) is 13.3 Å². The normalized spacial score (nSPS) is 12.2. The van der Waals surface area contributed by atoms with Gasteiger partial charge < -0.3 is 19.3 Å². The first kappa shape index (κ1) is 20.3. The van der Waals surface area contributed by atoms with Gasteiger partial charge in [-0.1, -0.05) is 18.2 Å². The number of ether oxygens (including phenoxy) is 3. The predicted molar refractivity (Wildman–Crippen MR) is 104 cm³/mol. The van der Waals surface area contributed by atoms with E-state index in [-0.39, 0.29) is 24.2 Å². The highest BCUT2D eigenvalue weighted by Crippen LogP contribution is 2.29. The van der Waals surface area contributed by atoms with Gasteiger partial charge in [-0.15, -0.1) is 0 Å². The van der Waals surface area contributed by atoms with Crippen LogP contribution in [0.25, 0.3) is 0 Å². The minimum Gasteiger partial charge on any atom is -0.504 e. The molecule has 0 aliphatic rings. The Hall–Kier alpha value is -3.02. The Morgan fingerprint density at radius 1 is 1.11 bits per heavy atom. The molecule has 0 amide bonds. The van der Waals surface area contributed by atoms with Crippen molar-refractivity contribution in [3.05, 3.63) is 53.6 Å². The Morgan fingerprint density at radius 2 is 1.81 bits per heavy atom. The van der Waals surface area contributed by atoms with Crippen molar-refractivity contribution in [2.75, 3.05) is 14.2 Å². The first-order valence-electron chi connectivity index (χ1n) is 8.67. The number of methoxy groups -OCH3 is 2. The third-order valence-electron chi connectivity index (χ3n) is 3.87. The standard InChI is InChI=1S/C21H25NO5/c1-14(2)27-20(23)12-18(15-8-10-17(25-3)11-9-15)22-13-16-6-5-7-19(26-4)21(16)24/h5-11,13-14,18,24H,12H2,1-4H3/t18-/m0/s1. The minimum atomic E-state index is -0.451. The highest BCUT2D eigenvalue weighted by atomic mass is 16.5. The molecule has 1 atom stereocenters. The molecule has 0 aromatic heterocycles. The Bertz CT molecular complexity index is 784. The average molecular weight is 371 g/mol. The van der Waals surface area contributed by atoms with E-state index in [0.717, 1.165) is 11.3 Å². The molecule has 0 bridgehead atoms. The molecule has 6 nitrogen and oxygen atoms in total. The zero-order valence-electron chi connectivity index (χ0n) is 16.0. The Morgan fingerprint density at radius 3 is 2.41 bits per heavy atom. The number of phenolic OH excluding ortho intramolecular Hbond substituents is 1. The van der Waals surface area contributed by atoms with Crippen molar-refractivity contribution < 1.29 is 24.1 Å². The molecule has 0 saturated heterocycles. The van der Waals surface area contributed by atoms with Crippen molar-refractivity contribution in [3.8, 4) is 17.2 Å². The van der Waals surface area contributed by atoms with Crippen LogP contribution in [0.15, 0.2) is 47.5 Å². The highest BCUT2D eigenvalue weighted by Gasteiger charge is 2.17. The monoisotopic (exact) mass is 371 g/mol. The van der Waals surface area contributed by atoms with Gasteiger partial charge in [0.05, 0.1) is 32.8 Å². The van der Waals surface area contributed by atoms with E-state index < -0.39 is 6.04 Å². The van der Waals surface area contributed by atoms with Gasteiger partial charge in [0, 0.05) is 11.8 Å². The van der Waals surface area contributed by atoms with E-state index in [9.17, 15) is 9.90 Å². The molecule has 2 aromatic rings. The zero-order chi connectivity index (χ0) is 19.8. The fourth-order valence-corrected chi connectivity index (χ4v) is 2.53. The van der Waals surface area contributed by atoms with Crippen LogP contribution in [0.2, 0.25) is 0 Å². The number of benzene rings is 2. The summed E-state index contributed by atoms with van der Waals surface area (Å²) in [6.07, 6.45) is 1.43.